The summed E-state index contributed by atoms with van der Waals surface area (Å²) in [4.78, 5) is 17.5. The van der Waals surface area contributed by atoms with E-state index in [1.807, 2.05) is 28.9 Å². The number of hydrogen-bond acceptors (Lipinski definition) is 5. The molecule has 5 nitrogen and oxygen atoms in total. The van der Waals surface area contributed by atoms with Gasteiger partial charge in [0.25, 0.3) is 0 Å². The van der Waals surface area contributed by atoms with Crippen molar-refractivity contribution in [3.8, 4) is 0 Å². The summed E-state index contributed by atoms with van der Waals surface area (Å²) in [5.74, 6) is 1.92. The number of rotatable bonds is 7. The molecule has 148 valence electrons. The summed E-state index contributed by atoms with van der Waals surface area (Å²) in [6.45, 7) is 2.22. The molecule has 2 aromatic rings. The molecule has 1 N–H and O–H groups in total. The number of halogens is 1. The van der Waals surface area contributed by atoms with Crippen molar-refractivity contribution in [2.24, 2.45) is 0 Å². The number of carbonyl (C=O) groups is 1. The fourth-order valence-corrected chi connectivity index (χ4v) is 4.90. The van der Waals surface area contributed by atoms with E-state index in [-0.39, 0.29) is 11.8 Å². The molecule has 1 aliphatic carbocycles. The van der Waals surface area contributed by atoms with Gasteiger partial charge < -0.3 is 5.32 Å². The van der Waals surface area contributed by atoms with Crippen LogP contribution in [0.25, 0.3) is 0 Å². The average molecular weight is 417 g/mol. The highest BCUT2D eigenvalue weighted by Crippen LogP contribution is 2.41. The van der Waals surface area contributed by atoms with Gasteiger partial charge in [-0.2, -0.15) is 4.98 Å². The van der Waals surface area contributed by atoms with Gasteiger partial charge in [0.1, 0.15) is 6.04 Å². The van der Waals surface area contributed by atoms with Crippen molar-refractivity contribution in [1.82, 2.24) is 14.8 Å². The first-order chi connectivity index (χ1) is 13.7. The first-order valence-corrected chi connectivity index (χ1v) is 11.4. The zero-order valence-corrected chi connectivity index (χ0v) is 17.7. The molecule has 0 bridgehead atoms. The molecule has 0 amide bonds. The topological polar surface area (TPSA) is 59.8 Å². The van der Waals surface area contributed by atoms with Crippen molar-refractivity contribution in [3.63, 3.8) is 0 Å². The minimum atomic E-state index is -0.264. The number of benzene rings is 1. The maximum Gasteiger partial charge on any atom is 0.227 e. The largest absolute Gasteiger partial charge is 0.328 e. The van der Waals surface area contributed by atoms with E-state index in [1.165, 1.54) is 25.7 Å². The van der Waals surface area contributed by atoms with E-state index >= 15 is 0 Å². The third-order valence-electron chi connectivity index (χ3n) is 5.24. The molecule has 0 spiro atoms. The van der Waals surface area contributed by atoms with Crippen LogP contribution in [0.1, 0.15) is 63.5 Å². The zero-order valence-electron chi connectivity index (χ0n) is 16.1. The van der Waals surface area contributed by atoms with Crippen LogP contribution in [-0.4, -0.2) is 26.3 Å². The molecule has 1 aliphatic heterocycles. The van der Waals surface area contributed by atoms with Crippen molar-refractivity contribution < 1.29 is 4.79 Å². The smallest absolute Gasteiger partial charge is 0.227 e. The summed E-state index contributed by atoms with van der Waals surface area (Å²) >= 11 is 7.94. The van der Waals surface area contributed by atoms with Crippen molar-refractivity contribution in [3.05, 3.63) is 46.1 Å². The second kappa shape index (κ2) is 8.70. The Labute approximate surface area is 174 Å². The number of nitrogens with one attached hydrogen (secondary N) is 1. The molecule has 7 heteroatoms. The maximum atomic E-state index is 12.8. The van der Waals surface area contributed by atoms with E-state index < -0.39 is 0 Å². The highest BCUT2D eigenvalue weighted by atomic mass is 35.5. The fourth-order valence-electron chi connectivity index (χ4n) is 3.87. The first-order valence-electron chi connectivity index (χ1n) is 10.1. The normalized spacial score (nSPS) is 18.6. The Morgan fingerprint density at radius 2 is 2.18 bits per heavy atom. The predicted molar refractivity (Wildman–Crippen MR) is 114 cm³/mol. The van der Waals surface area contributed by atoms with Crippen molar-refractivity contribution in [2.45, 2.75) is 63.1 Å². The van der Waals surface area contributed by atoms with E-state index in [1.54, 1.807) is 11.8 Å². The van der Waals surface area contributed by atoms with Crippen LogP contribution in [0.15, 0.2) is 40.7 Å². The molecule has 0 saturated heterocycles. The van der Waals surface area contributed by atoms with Crippen LogP contribution in [0.4, 0.5) is 5.95 Å². The molecule has 0 unspecified atom stereocenters. The summed E-state index contributed by atoms with van der Waals surface area (Å²) in [5.41, 5.74) is 2.77. The van der Waals surface area contributed by atoms with E-state index in [2.05, 4.69) is 12.2 Å². The Morgan fingerprint density at radius 3 is 3.00 bits per heavy atom. The number of carbonyl (C=O) groups excluding carboxylic acids is 1. The third kappa shape index (κ3) is 3.98. The monoisotopic (exact) mass is 416 g/mol. The summed E-state index contributed by atoms with van der Waals surface area (Å²) in [7, 11) is 0. The van der Waals surface area contributed by atoms with Crippen molar-refractivity contribution in [2.75, 3.05) is 11.1 Å². The molecular formula is C21H25ClN4OS. The first kappa shape index (κ1) is 19.5. The lowest BCUT2D eigenvalue weighted by Crippen LogP contribution is -2.31. The number of unbranched alkanes of at least 4 members (excludes halogenated alkanes) is 3. The highest BCUT2D eigenvalue weighted by molar-refractivity contribution is 7.99. The predicted octanol–water partition coefficient (Wildman–Crippen LogP) is 5.63. The summed E-state index contributed by atoms with van der Waals surface area (Å²) in [6.07, 6.45) is 7.24. The second-order valence-corrected chi connectivity index (χ2v) is 8.82. The highest BCUT2D eigenvalue weighted by Gasteiger charge is 2.36. The number of hydrogen-bond donors (Lipinski definition) is 1. The molecule has 0 saturated carbocycles. The van der Waals surface area contributed by atoms with Gasteiger partial charge in [0.2, 0.25) is 11.1 Å². The molecule has 0 fully saturated rings. The number of anilines is 1. The van der Waals surface area contributed by atoms with Gasteiger partial charge in [0.15, 0.2) is 5.78 Å². The van der Waals surface area contributed by atoms with Crippen molar-refractivity contribution >= 4 is 35.1 Å². The number of thioether (sulfide) groups is 1. The number of allylic oxidation sites excluding steroid dienone is 2. The lowest BCUT2D eigenvalue weighted by molar-refractivity contribution is -0.116. The Kier molecular flexibility index (Phi) is 6.07. The number of ketones is 1. The minimum Gasteiger partial charge on any atom is -0.328 e. The molecule has 2 aliphatic rings. The van der Waals surface area contributed by atoms with Gasteiger partial charge in [-0.15, -0.1) is 5.10 Å². The van der Waals surface area contributed by atoms with Crippen molar-refractivity contribution in [1.29, 1.82) is 0 Å². The lowest BCUT2D eigenvalue weighted by Gasteiger charge is -2.32. The molecule has 0 radical (unpaired) electrons. The minimum absolute atomic E-state index is 0.189. The Hall–Kier alpha value is -1.79. The maximum absolute atomic E-state index is 12.8. The standard InChI is InChI=1S/C21H25ClN4OS/c1-2-3-4-5-12-28-21-24-20-23-16-10-7-11-17(27)18(16)19(26(20)25-21)14-8-6-9-15(22)13-14/h6,8-9,13,19H,2-5,7,10-12H2,1H3,(H,23,24,25)/t19-/m0/s1. The molecule has 1 aromatic carbocycles. The van der Waals surface area contributed by atoms with E-state index in [0.717, 1.165) is 46.5 Å². The Balaban J connectivity index is 1.65. The third-order valence-corrected chi connectivity index (χ3v) is 6.40. The average Bonchev–Trinajstić information content (AvgIpc) is 3.08. The van der Waals surface area contributed by atoms with E-state index in [4.69, 9.17) is 21.7 Å². The van der Waals surface area contributed by atoms with Gasteiger partial charge in [-0.25, -0.2) is 4.68 Å². The van der Waals surface area contributed by atoms with Crippen LogP contribution in [0.5, 0.6) is 0 Å². The molecule has 2 heterocycles. The van der Waals surface area contributed by atoms with Gasteiger partial charge in [0, 0.05) is 28.5 Å². The van der Waals surface area contributed by atoms with Gasteiger partial charge >= 0.3 is 0 Å². The molecule has 1 aromatic heterocycles. The zero-order chi connectivity index (χ0) is 19.5. The van der Waals surface area contributed by atoms with Crippen LogP contribution < -0.4 is 5.32 Å². The Morgan fingerprint density at radius 1 is 1.29 bits per heavy atom. The van der Waals surface area contributed by atoms with Crippen LogP contribution in [0, 0.1) is 0 Å². The molecule has 1 atom stereocenters. The van der Waals surface area contributed by atoms with Crippen LogP contribution in [-0.2, 0) is 4.79 Å². The number of Topliss-reactive ketones (excluding diaryl/α,β-unsaturated/α-hetero) is 1. The SMILES string of the molecule is CCCCCCSc1nc2n(n1)[C@@H](c1cccc(Cl)c1)C1=C(CCCC1=O)N2. The van der Waals surface area contributed by atoms with E-state index in [9.17, 15) is 4.79 Å². The summed E-state index contributed by atoms with van der Waals surface area (Å²) in [6, 6.07) is 7.45. The summed E-state index contributed by atoms with van der Waals surface area (Å²) < 4.78 is 1.86. The molecular weight excluding hydrogens is 392 g/mol. The van der Waals surface area contributed by atoms with Crippen LogP contribution in [0.2, 0.25) is 5.02 Å². The number of aromatic nitrogens is 3. The van der Waals surface area contributed by atoms with Gasteiger partial charge in [-0.3, -0.25) is 4.79 Å². The number of nitrogens with zero attached hydrogens (tertiary/aromatic N) is 3. The summed E-state index contributed by atoms with van der Waals surface area (Å²) in [5, 5.41) is 9.56. The van der Waals surface area contributed by atoms with Gasteiger partial charge in [-0.1, -0.05) is 61.7 Å². The quantitative estimate of drug-likeness (QED) is 0.468. The second-order valence-electron chi connectivity index (χ2n) is 7.32. The molecule has 4 rings (SSSR count). The van der Waals surface area contributed by atoms with Crippen LogP contribution >= 0.6 is 23.4 Å². The fraction of sp³-hybridized carbons (Fsp3) is 0.476. The lowest BCUT2D eigenvalue weighted by atomic mass is 9.85. The molecule has 28 heavy (non-hydrogen) atoms. The van der Waals surface area contributed by atoms with E-state index in [0.29, 0.717) is 11.4 Å². The Bertz CT molecular complexity index is 908. The van der Waals surface area contributed by atoms with Crippen LogP contribution in [0.3, 0.4) is 0 Å². The van der Waals surface area contributed by atoms with Gasteiger partial charge in [-0.05, 0) is 37.0 Å². The number of fused-ring (bicyclic) bond motifs is 1. The van der Waals surface area contributed by atoms with Gasteiger partial charge in [0.05, 0.1) is 0 Å².